The zero-order valence-corrected chi connectivity index (χ0v) is 22.7. The Hall–Kier alpha value is -1.17. The second kappa shape index (κ2) is 15.0. The average Bonchev–Trinajstić information content (AvgIpc) is 3.28. The Morgan fingerprint density at radius 2 is 1.94 bits per heavy atom. The van der Waals surface area contributed by atoms with E-state index < -0.39 is 0 Å². The van der Waals surface area contributed by atoms with Gasteiger partial charge in [0, 0.05) is 58.8 Å². The molecule has 1 aromatic carbocycles. The van der Waals surface area contributed by atoms with Crippen molar-refractivity contribution in [3.8, 4) is 0 Å². The summed E-state index contributed by atoms with van der Waals surface area (Å²) in [7, 11) is 1.69. The summed E-state index contributed by atoms with van der Waals surface area (Å²) in [6.45, 7) is 14.2. The summed E-state index contributed by atoms with van der Waals surface area (Å²) in [4.78, 5) is 11.6. The van der Waals surface area contributed by atoms with Crippen LogP contribution in [-0.2, 0) is 16.0 Å². The van der Waals surface area contributed by atoms with Gasteiger partial charge in [0.15, 0.2) is 5.96 Å². The number of methoxy groups -OCH3 is 1. The molecule has 1 atom stereocenters. The van der Waals surface area contributed by atoms with Crippen molar-refractivity contribution in [3.63, 3.8) is 0 Å². The van der Waals surface area contributed by atoms with Gasteiger partial charge in [0.1, 0.15) is 5.82 Å². The molecule has 3 rings (SSSR count). The van der Waals surface area contributed by atoms with E-state index in [4.69, 9.17) is 14.5 Å². The largest absolute Gasteiger partial charge is 0.382 e. The van der Waals surface area contributed by atoms with Gasteiger partial charge in [0.25, 0.3) is 0 Å². The first-order valence-corrected chi connectivity index (χ1v) is 12.0. The van der Waals surface area contributed by atoms with Crippen LogP contribution in [0.4, 0.5) is 10.1 Å². The Labute approximate surface area is 215 Å². The molecule has 2 heterocycles. The maximum atomic E-state index is 14.9. The van der Waals surface area contributed by atoms with Crippen LogP contribution in [0, 0.1) is 11.7 Å². The van der Waals surface area contributed by atoms with Crippen LogP contribution < -0.4 is 10.2 Å². The number of rotatable bonds is 10. The van der Waals surface area contributed by atoms with Gasteiger partial charge in [-0.15, -0.1) is 24.0 Å². The van der Waals surface area contributed by atoms with Crippen molar-refractivity contribution in [1.29, 1.82) is 0 Å². The van der Waals surface area contributed by atoms with Gasteiger partial charge < -0.3 is 29.5 Å². The number of benzene rings is 1. The number of aliphatic imine (C=N–C) groups is 1. The fourth-order valence-electron chi connectivity index (χ4n) is 4.36. The lowest BCUT2D eigenvalue weighted by Gasteiger charge is -2.35. The molecule has 1 N–H and O–H groups in total. The molecule has 2 saturated heterocycles. The highest BCUT2D eigenvalue weighted by Gasteiger charge is 2.25. The molecule has 2 fully saturated rings. The third-order valence-electron chi connectivity index (χ3n) is 6.29. The fraction of sp³-hybridized carbons (Fsp3) is 0.708. The maximum absolute atomic E-state index is 14.9. The monoisotopic (exact) mass is 577 g/mol. The first-order chi connectivity index (χ1) is 15.6. The highest BCUT2D eigenvalue weighted by Crippen LogP contribution is 2.23. The number of likely N-dealkylation sites (tertiary alicyclic amines) is 1. The fourth-order valence-corrected chi connectivity index (χ4v) is 4.36. The van der Waals surface area contributed by atoms with Crippen LogP contribution in [0.5, 0.6) is 0 Å². The first-order valence-electron chi connectivity index (χ1n) is 12.0. The van der Waals surface area contributed by atoms with Gasteiger partial charge in [0.05, 0.1) is 32.1 Å². The van der Waals surface area contributed by atoms with E-state index in [2.05, 4.69) is 33.9 Å². The predicted octanol–water partition coefficient (Wildman–Crippen LogP) is 3.04. The zero-order chi connectivity index (χ0) is 22.8. The van der Waals surface area contributed by atoms with Crippen molar-refractivity contribution >= 4 is 35.6 Å². The van der Waals surface area contributed by atoms with Gasteiger partial charge in [-0.2, -0.15) is 0 Å². The molecule has 0 aliphatic carbocycles. The van der Waals surface area contributed by atoms with E-state index in [1.807, 2.05) is 12.1 Å². The van der Waals surface area contributed by atoms with E-state index in [1.165, 1.54) is 0 Å². The van der Waals surface area contributed by atoms with Crippen LogP contribution in [0.1, 0.15) is 25.8 Å². The Bertz CT molecular complexity index is 731. The molecule has 188 valence electrons. The average molecular weight is 578 g/mol. The van der Waals surface area contributed by atoms with Crippen LogP contribution in [0.3, 0.4) is 0 Å². The second-order valence-corrected chi connectivity index (χ2v) is 8.55. The number of halogens is 2. The van der Waals surface area contributed by atoms with Crippen molar-refractivity contribution in [3.05, 3.63) is 29.6 Å². The van der Waals surface area contributed by atoms with Gasteiger partial charge >= 0.3 is 0 Å². The molecule has 0 bridgehead atoms. The summed E-state index contributed by atoms with van der Waals surface area (Å²) in [5.41, 5.74) is 1.60. The zero-order valence-electron chi connectivity index (χ0n) is 20.4. The lowest BCUT2D eigenvalue weighted by Crippen LogP contribution is -2.46. The second-order valence-electron chi connectivity index (χ2n) is 8.55. The number of nitrogens with zero attached hydrogens (tertiary/aromatic N) is 4. The molecule has 7 nitrogen and oxygen atoms in total. The van der Waals surface area contributed by atoms with E-state index in [-0.39, 0.29) is 29.8 Å². The number of hydrogen-bond donors (Lipinski definition) is 1. The normalized spacial score (nSPS) is 19.6. The van der Waals surface area contributed by atoms with Crippen LogP contribution >= 0.6 is 24.0 Å². The minimum Gasteiger partial charge on any atom is -0.382 e. The maximum Gasteiger partial charge on any atom is 0.194 e. The Kier molecular flexibility index (Phi) is 12.7. The minimum atomic E-state index is -0.151. The lowest BCUT2D eigenvalue weighted by molar-refractivity contribution is 0.0536. The van der Waals surface area contributed by atoms with Crippen molar-refractivity contribution in [2.24, 2.45) is 10.9 Å². The molecule has 0 aromatic heterocycles. The molecule has 2 aliphatic rings. The number of guanidine groups is 1. The molecule has 1 aromatic rings. The van der Waals surface area contributed by atoms with Crippen molar-refractivity contribution < 1.29 is 13.9 Å². The molecule has 33 heavy (non-hydrogen) atoms. The highest BCUT2D eigenvalue weighted by molar-refractivity contribution is 14.0. The van der Waals surface area contributed by atoms with Crippen molar-refractivity contribution in [2.75, 3.05) is 84.2 Å². The Morgan fingerprint density at radius 3 is 2.61 bits per heavy atom. The van der Waals surface area contributed by atoms with E-state index in [9.17, 15) is 4.39 Å². The van der Waals surface area contributed by atoms with Crippen molar-refractivity contribution in [1.82, 2.24) is 15.1 Å². The van der Waals surface area contributed by atoms with Crippen LogP contribution in [0.2, 0.25) is 0 Å². The number of nitrogens with one attached hydrogen (secondary N) is 1. The number of hydrogen-bond acceptors (Lipinski definition) is 5. The Morgan fingerprint density at radius 1 is 1.15 bits per heavy atom. The summed E-state index contributed by atoms with van der Waals surface area (Å²) in [6, 6.07) is 5.57. The minimum absolute atomic E-state index is 0. The highest BCUT2D eigenvalue weighted by atomic mass is 127. The molecular formula is C24H41FIN5O2. The van der Waals surface area contributed by atoms with Gasteiger partial charge in [-0.3, -0.25) is 0 Å². The number of piperazine rings is 1. The molecule has 2 aliphatic heterocycles. The smallest absolute Gasteiger partial charge is 0.194 e. The third kappa shape index (κ3) is 8.52. The van der Waals surface area contributed by atoms with Gasteiger partial charge in [0.2, 0.25) is 0 Å². The van der Waals surface area contributed by atoms with Crippen LogP contribution in [0.15, 0.2) is 23.2 Å². The molecule has 9 heteroatoms. The summed E-state index contributed by atoms with van der Waals surface area (Å²) in [6.07, 6.45) is 1.09. The van der Waals surface area contributed by atoms with Gasteiger partial charge in [-0.05, 0) is 37.6 Å². The number of anilines is 1. The van der Waals surface area contributed by atoms with Crippen LogP contribution in [0.25, 0.3) is 0 Å². The standard InChI is InChI=1S/C24H40FN5O2.HI/c1-4-26-24(30-9-8-21(18-30)19-32-15-14-31-3)27-17-20-6-7-23(22(25)16-20)29-12-10-28(5-2)11-13-29;/h6-7,16,21H,4-5,8-15,17-19H2,1-3H3,(H,26,27);1H. The molecule has 0 amide bonds. The summed E-state index contributed by atoms with van der Waals surface area (Å²) >= 11 is 0. The molecule has 0 saturated carbocycles. The molecular weight excluding hydrogens is 536 g/mol. The number of likely N-dealkylation sites (N-methyl/N-ethyl adjacent to an activating group) is 1. The quantitative estimate of drug-likeness (QED) is 0.200. The summed E-state index contributed by atoms with van der Waals surface area (Å²) in [5, 5.41) is 3.39. The lowest BCUT2D eigenvalue weighted by atomic mass is 10.1. The molecule has 0 radical (unpaired) electrons. The molecule has 1 unspecified atom stereocenters. The van der Waals surface area contributed by atoms with E-state index >= 15 is 0 Å². The Balaban J connectivity index is 0.00000385. The topological polar surface area (TPSA) is 52.6 Å². The number of ether oxygens (including phenoxy) is 2. The van der Waals surface area contributed by atoms with Crippen LogP contribution in [-0.4, -0.2) is 95.0 Å². The van der Waals surface area contributed by atoms with E-state index in [1.54, 1.807) is 13.2 Å². The van der Waals surface area contributed by atoms with E-state index in [0.717, 1.165) is 76.9 Å². The SMILES string of the molecule is CCNC(=NCc1ccc(N2CCN(CC)CC2)c(F)c1)N1CCC(COCCOC)C1.I. The molecule has 0 spiro atoms. The third-order valence-corrected chi connectivity index (χ3v) is 6.29. The van der Waals surface area contributed by atoms with E-state index in [0.29, 0.717) is 31.4 Å². The summed E-state index contributed by atoms with van der Waals surface area (Å²) < 4.78 is 25.6. The summed E-state index contributed by atoms with van der Waals surface area (Å²) in [5.74, 6) is 1.25. The predicted molar refractivity (Wildman–Crippen MR) is 143 cm³/mol. The van der Waals surface area contributed by atoms with Gasteiger partial charge in [-0.25, -0.2) is 9.38 Å². The van der Waals surface area contributed by atoms with Gasteiger partial charge in [-0.1, -0.05) is 13.0 Å². The first kappa shape index (κ1) is 28.1. The van der Waals surface area contributed by atoms with Crippen molar-refractivity contribution in [2.45, 2.75) is 26.8 Å².